The van der Waals surface area contributed by atoms with Crippen molar-refractivity contribution in [1.82, 2.24) is 9.55 Å². The van der Waals surface area contributed by atoms with Gasteiger partial charge in [-0.05, 0) is 26.8 Å². The van der Waals surface area contributed by atoms with Gasteiger partial charge in [0.25, 0.3) is 6.33 Å². The van der Waals surface area contributed by atoms with Gasteiger partial charge in [0.15, 0.2) is 0 Å². The van der Waals surface area contributed by atoms with Crippen molar-refractivity contribution in [3.8, 4) is 5.82 Å². The molecule has 0 aliphatic heterocycles. The van der Waals surface area contributed by atoms with Crippen molar-refractivity contribution >= 4 is 0 Å². The minimum Gasteiger partial charge on any atom is -1.00 e. The molecule has 2 rings (SSSR count). The second-order valence-corrected chi connectivity index (χ2v) is 4.59. The van der Waals surface area contributed by atoms with Crippen molar-refractivity contribution in [2.24, 2.45) is 0 Å². The molecule has 0 N–H and O–H groups in total. The Labute approximate surface area is 107 Å². The van der Waals surface area contributed by atoms with E-state index in [1.807, 2.05) is 29.0 Å². The zero-order valence-electron chi connectivity index (χ0n) is 9.76. The summed E-state index contributed by atoms with van der Waals surface area (Å²) in [6.07, 6.45) is 7.95. The van der Waals surface area contributed by atoms with Crippen molar-refractivity contribution in [2.45, 2.75) is 26.3 Å². The minimum atomic E-state index is 0. The Balaban J connectivity index is 0.00000128. The summed E-state index contributed by atoms with van der Waals surface area (Å²) < 4.78 is 4.19. The van der Waals surface area contributed by atoms with Crippen molar-refractivity contribution in [3.63, 3.8) is 0 Å². The first kappa shape index (κ1) is 12.9. The summed E-state index contributed by atoms with van der Waals surface area (Å²) in [5.74, 6) is 0.945. The van der Waals surface area contributed by atoms with Crippen LogP contribution in [-0.4, -0.2) is 9.55 Å². The van der Waals surface area contributed by atoms with E-state index in [9.17, 15) is 0 Å². The Bertz CT molecular complexity index is 443. The van der Waals surface area contributed by atoms with Gasteiger partial charge in [-0.3, -0.25) is 0 Å². The number of halogens is 1. The molecule has 0 saturated heterocycles. The number of imidazole rings is 1. The second-order valence-electron chi connectivity index (χ2n) is 4.59. The standard InChI is InChI=1S/C12H16N3.BrH/c1-12(2,3)15-9-8-14(10-15)11-6-4-5-7-13-11;/h4-10H,1-3H3;1H/q+1;/p-1. The lowest BCUT2D eigenvalue weighted by molar-refractivity contribution is -0.753. The van der Waals surface area contributed by atoms with Crippen LogP contribution in [0.4, 0.5) is 0 Å². The summed E-state index contributed by atoms with van der Waals surface area (Å²) in [6, 6.07) is 5.90. The molecule has 2 heterocycles. The molecule has 0 spiro atoms. The molecule has 0 saturated carbocycles. The smallest absolute Gasteiger partial charge is 0.250 e. The van der Waals surface area contributed by atoms with Gasteiger partial charge in [-0.2, -0.15) is 4.57 Å². The fraction of sp³-hybridized carbons (Fsp3) is 0.333. The van der Waals surface area contributed by atoms with Crippen molar-refractivity contribution < 1.29 is 21.5 Å². The molecular formula is C12H16BrN3. The molecule has 0 bridgehead atoms. The molecule has 0 atom stereocenters. The van der Waals surface area contributed by atoms with Crippen LogP contribution in [0.5, 0.6) is 0 Å². The average Bonchev–Trinajstić information content (AvgIpc) is 2.67. The van der Waals surface area contributed by atoms with Gasteiger partial charge >= 0.3 is 0 Å². The molecule has 0 radical (unpaired) electrons. The number of nitrogens with zero attached hydrogens (tertiary/aromatic N) is 3. The number of aromatic nitrogens is 3. The van der Waals surface area contributed by atoms with E-state index in [1.54, 1.807) is 6.20 Å². The van der Waals surface area contributed by atoms with Gasteiger partial charge in [0.2, 0.25) is 5.82 Å². The first-order valence-corrected chi connectivity index (χ1v) is 5.08. The summed E-state index contributed by atoms with van der Waals surface area (Å²) in [5.41, 5.74) is 0.111. The van der Waals surface area contributed by atoms with Crippen LogP contribution < -0.4 is 21.5 Å². The van der Waals surface area contributed by atoms with Crippen LogP contribution in [-0.2, 0) is 5.54 Å². The Kier molecular flexibility index (Phi) is 3.86. The summed E-state index contributed by atoms with van der Waals surface area (Å²) in [7, 11) is 0. The molecule has 0 amide bonds. The maximum Gasteiger partial charge on any atom is 0.250 e. The Morgan fingerprint density at radius 1 is 1.25 bits per heavy atom. The predicted octanol–water partition coefficient (Wildman–Crippen LogP) is -1.08. The summed E-state index contributed by atoms with van der Waals surface area (Å²) in [4.78, 5) is 4.29. The molecule has 0 aliphatic rings. The third-order valence-corrected chi connectivity index (χ3v) is 2.33. The third-order valence-electron chi connectivity index (χ3n) is 2.33. The van der Waals surface area contributed by atoms with E-state index in [0.717, 1.165) is 5.82 Å². The maximum atomic E-state index is 4.29. The monoisotopic (exact) mass is 281 g/mol. The van der Waals surface area contributed by atoms with Gasteiger partial charge < -0.3 is 17.0 Å². The highest BCUT2D eigenvalue weighted by molar-refractivity contribution is 5.19. The molecule has 0 aliphatic carbocycles. The van der Waals surface area contributed by atoms with E-state index in [-0.39, 0.29) is 22.5 Å². The topological polar surface area (TPSA) is 21.7 Å². The lowest BCUT2D eigenvalue weighted by Gasteiger charge is -2.13. The Morgan fingerprint density at radius 3 is 2.50 bits per heavy atom. The molecule has 0 fully saturated rings. The van der Waals surface area contributed by atoms with Crippen LogP contribution in [0.1, 0.15) is 20.8 Å². The van der Waals surface area contributed by atoms with Crippen molar-refractivity contribution in [3.05, 3.63) is 43.1 Å². The molecule has 0 aromatic carbocycles. The zero-order valence-corrected chi connectivity index (χ0v) is 11.3. The first-order chi connectivity index (χ1) is 7.07. The van der Waals surface area contributed by atoms with E-state index in [2.05, 4.69) is 42.8 Å². The fourth-order valence-electron chi connectivity index (χ4n) is 1.39. The quantitative estimate of drug-likeness (QED) is 0.610. The van der Waals surface area contributed by atoms with Gasteiger partial charge in [-0.25, -0.2) is 9.55 Å². The van der Waals surface area contributed by atoms with Crippen molar-refractivity contribution in [1.29, 1.82) is 0 Å². The summed E-state index contributed by atoms with van der Waals surface area (Å²) >= 11 is 0. The van der Waals surface area contributed by atoms with Crippen LogP contribution in [0.2, 0.25) is 0 Å². The molecule has 86 valence electrons. The van der Waals surface area contributed by atoms with E-state index >= 15 is 0 Å². The van der Waals surface area contributed by atoms with Gasteiger partial charge in [-0.15, -0.1) is 0 Å². The Morgan fingerprint density at radius 2 is 2.00 bits per heavy atom. The minimum absolute atomic E-state index is 0. The van der Waals surface area contributed by atoms with E-state index in [4.69, 9.17) is 0 Å². The molecule has 16 heavy (non-hydrogen) atoms. The molecule has 2 aromatic heterocycles. The van der Waals surface area contributed by atoms with Crippen molar-refractivity contribution in [2.75, 3.05) is 0 Å². The predicted molar refractivity (Wildman–Crippen MR) is 58.8 cm³/mol. The van der Waals surface area contributed by atoms with Crippen LogP contribution in [0, 0.1) is 0 Å². The van der Waals surface area contributed by atoms with Gasteiger partial charge in [-0.1, -0.05) is 6.07 Å². The molecule has 4 heteroatoms. The molecule has 0 unspecified atom stereocenters. The van der Waals surface area contributed by atoms with Crippen LogP contribution >= 0.6 is 0 Å². The van der Waals surface area contributed by atoms with Gasteiger partial charge in [0, 0.05) is 12.3 Å². The van der Waals surface area contributed by atoms with Gasteiger partial charge in [0.1, 0.15) is 17.9 Å². The van der Waals surface area contributed by atoms with E-state index in [1.165, 1.54) is 0 Å². The normalized spacial score (nSPS) is 10.9. The highest BCUT2D eigenvalue weighted by atomic mass is 79.9. The molecule has 2 aromatic rings. The Hall–Kier alpha value is -1.16. The molecular weight excluding hydrogens is 266 g/mol. The average molecular weight is 282 g/mol. The van der Waals surface area contributed by atoms with Crippen LogP contribution in [0.3, 0.4) is 0 Å². The number of hydrogen-bond acceptors (Lipinski definition) is 1. The number of hydrogen-bond donors (Lipinski definition) is 0. The van der Waals surface area contributed by atoms with E-state index in [0.29, 0.717) is 0 Å². The third kappa shape index (κ3) is 2.70. The second kappa shape index (κ2) is 4.78. The fourth-order valence-corrected chi connectivity index (χ4v) is 1.39. The van der Waals surface area contributed by atoms with Gasteiger partial charge in [0.05, 0.1) is 0 Å². The maximum absolute atomic E-state index is 4.29. The summed E-state index contributed by atoms with van der Waals surface area (Å²) in [5, 5.41) is 0. The SMILES string of the molecule is CC(C)(C)[n+]1ccn(-c2ccccn2)c1.[Br-]. The van der Waals surface area contributed by atoms with E-state index < -0.39 is 0 Å². The van der Waals surface area contributed by atoms with Crippen LogP contribution in [0.25, 0.3) is 5.82 Å². The zero-order chi connectivity index (χ0) is 10.9. The highest BCUT2D eigenvalue weighted by Gasteiger charge is 2.19. The highest BCUT2D eigenvalue weighted by Crippen LogP contribution is 2.06. The molecule has 3 nitrogen and oxygen atoms in total. The number of pyridine rings is 1. The lowest BCUT2D eigenvalue weighted by atomic mass is 10.1. The number of rotatable bonds is 1. The largest absolute Gasteiger partial charge is 1.00 e. The summed E-state index contributed by atoms with van der Waals surface area (Å²) in [6.45, 7) is 6.53. The lowest BCUT2D eigenvalue weighted by Crippen LogP contribution is -3.00. The first-order valence-electron chi connectivity index (χ1n) is 5.08. The van der Waals surface area contributed by atoms with Crippen LogP contribution in [0.15, 0.2) is 43.1 Å².